The van der Waals surface area contributed by atoms with Gasteiger partial charge in [0, 0.05) is 9.43 Å². The lowest BCUT2D eigenvalue weighted by atomic mass is 10.2. The Balaban J connectivity index is 3.19. The first-order chi connectivity index (χ1) is 7.27. The Morgan fingerprint density at radius 3 is 2.06 bits per heavy atom. The van der Waals surface area contributed by atoms with E-state index in [1.807, 2.05) is 0 Å². The molecule has 9 heteroatoms. The molecule has 1 aromatic rings. The first kappa shape index (κ1) is 12.3. The Bertz CT molecular complexity index is 529. The molecule has 0 N–H and O–H groups in total. The first-order valence-electron chi connectivity index (χ1n) is 3.76. The number of sulfonamides is 1. The summed E-state index contributed by atoms with van der Waals surface area (Å²) < 4.78 is 61.1. The van der Waals surface area contributed by atoms with E-state index in [0.717, 1.165) is 12.1 Å². The minimum atomic E-state index is -4.54. The molecule has 0 aliphatic rings. The molecule has 0 unspecified atom stereocenters. The molecule has 0 spiro atoms. The standard InChI is InChI=1S/C7H4F3N3O2S/c8-7(9,10)5-1-3-6(4-2-5)16(14,15)13-12-11/h1-4H. The molecule has 1 rings (SSSR count). The largest absolute Gasteiger partial charge is 0.416 e. The highest BCUT2D eigenvalue weighted by atomic mass is 32.2. The van der Waals surface area contributed by atoms with E-state index in [1.165, 1.54) is 0 Å². The lowest BCUT2D eigenvalue weighted by Gasteiger charge is -2.06. The second kappa shape index (κ2) is 4.03. The van der Waals surface area contributed by atoms with Gasteiger partial charge in [0.1, 0.15) is 0 Å². The highest BCUT2D eigenvalue weighted by molar-refractivity contribution is 7.90. The third-order valence-corrected chi connectivity index (χ3v) is 2.78. The van der Waals surface area contributed by atoms with Gasteiger partial charge in [0.25, 0.3) is 10.0 Å². The van der Waals surface area contributed by atoms with Crippen LogP contribution < -0.4 is 0 Å². The van der Waals surface area contributed by atoms with Crippen molar-refractivity contribution in [3.05, 3.63) is 40.3 Å². The number of benzene rings is 1. The third-order valence-electron chi connectivity index (χ3n) is 1.62. The topological polar surface area (TPSA) is 82.9 Å². The smallest absolute Gasteiger partial charge is 0.216 e. The molecule has 0 bridgehead atoms. The fourth-order valence-corrected chi connectivity index (χ4v) is 1.58. The third kappa shape index (κ3) is 2.65. The van der Waals surface area contributed by atoms with Gasteiger partial charge in [-0.2, -0.15) is 13.2 Å². The van der Waals surface area contributed by atoms with Crippen molar-refractivity contribution in [3.8, 4) is 0 Å². The van der Waals surface area contributed by atoms with Crippen molar-refractivity contribution in [2.45, 2.75) is 11.1 Å². The lowest BCUT2D eigenvalue weighted by Crippen LogP contribution is -2.05. The Morgan fingerprint density at radius 1 is 1.19 bits per heavy atom. The zero-order chi connectivity index (χ0) is 12.4. The predicted octanol–water partition coefficient (Wildman–Crippen LogP) is 2.70. The molecule has 86 valence electrons. The summed E-state index contributed by atoms with van der Waals surface area (Å²) in [6.07, 6.45) is -4.54. The lowest BCUT2D eigenvalue weighted by molar-refractivity contribution is -0.137. The second-order valence-electron chi connectivity index (χ2n) is 2.67. The molecule has 5 nitrogen and oxygen atoms in total. The number of hydrogen-bond acceptors (Lipinski definition) is 2. The molecule has 0 aliphatic carbocycles. The van der Waals surface area contributed by atoms with Crippen molar-refractivity contribution < 1.29 is 21.6 Å². The van der Waals surface area contributed by atoms with Crippen molar-refractivity contribution >= 4 is 10.0 Å². The Hall–Kier alpha value is -1.73. The predicted molar refractivity (Wildman–Crippen MR) is 47.8 cm³/mol. The monoisotopic (exact) mass is 251 g/mol. The molecule has 0 amide bonds. The minimum Gasteiger partial charge on any atom is -0.216 e. The fourth-order valence-electron chi connectivity index (χ4n) is 0.911. The van der Waals surface area contributed by atoms with E-state index >= 15 is 0 Å². The van der Waals surface area contributed by atoms with Crippen LogP contribution in [0.2, 0.25) is 0 Å². The molecule has 0 atom stereocenters. The molecular weight excluding hydrogens is 247 g/mol. The van der Waals surface area contributed by atoms with Gasteiger partial charge in [0.05, 0.1) is 10.5 Å². The number of hydrogen-bond donors (Lipinski definition) is 0. The first-order valence-corrected chi connectivity index (χ1v) is 5.20. The van der Waals surface area contributed by atoms with Crippen LogP contribution >= 0.6 is 0 Å². The second-order valence-corrected chi connectivity index (χ2v) is 4.25. The van der Waals surface area contributed by atoms with Gasteiger partial charge in [-0.1, -0.05) is 0 Å². The highest BCUT2D eigenvalue weighted by Crippen LogP contribution is 2.29. The van der Waals surface area contributed by atoms with Crippen LogP contribution in [0.25, 0.3) is 10.4 Å². The summed E-state index contributed by atoms with van der Waals surface area (Å²) in [5.74, 6) is 0. The zero-order valence-electron chi connectivity index (χ0n) is 7.51. The summed E-state index contributed by atoms with van der Waals surface area (Å²) >= 11 is 0. The average Bonchev–Trinajstić information content (AvgIpc) is 2.16. The van der Waals surface area contributed by atoms with Crippen LogP contribution in [0, 0.1) is 0 Å². The van der Waals surface area contributed by atoms with Crippen LogP contribution in [0.15, 0.2) is 33.7 Å². The molecule has 0 aliphatic heterocycles. The van der Waals surface area contributed by atoms with Crippen LogP contribution in [0.1, 0.15) is 5.56 Å². The number of nitrogens with zero attached hydrogens (tertiary/aromatic N) is 3. The van der Waals surface area contributed by atoms with E-state index in [4.69, 9.17) is 5.53 Å². The van der Waals surface area contributed by atoms with Crippen molar-refractivity contribution in [1.82, 2.24) is 0 Å². The van der Waals surface area contributed by atoms with Crippen molar-refractivity contribution in [1.29, 1.82) is 0 Å². The molecule has 0 aromatic heterocycles. The van der Waals surface area contributed by atoms with Crippen molar-refractivity contribution in [3.63, 3.8) is 0 Å². The average molecular weight is 251 g/mol. The van der Waals surface area contributed by atoms with Gasteiger partial charge in [0.2, 0.25) is 0 Å². The van der Waals surface area contributed by atoms with Crippen LogP contribution in [-0.4, -0.2) is 8.42 Å². The van der Waals surface area contributed by atoms with Gasteiger partial charge in [-0.25, -0.2) is 8.42 Å². The van der Waals surface area contributed by atoms with Gasteiger partial charge in [-0.3, -0.25) is 0 Å². The quantitative estimate of drug-likeness (QED) is 0.460. The highest BCUT2D eigenvalue weighted by Gasteiger charge is 2.30. The number of alkyl halides is 3. The molecule has 0 saturated heterocycles. The summed E-state index contributed by atoms with van der Waals surface area (Å²) in [4.78, 5) is 1.58. The SMILES string of the molecule is [N-]=[N+]=NS(=O)(=O)c1ccc(C(F)(F)F)cc1. The van der Waals surface area contributed by atoms with Gasteiger partial charge >= 0.3 is 6.18 Å². The fraction of sp³-hybridized carbons (Fsp3) is 0.143. The van der Waals surface area contributed by atoms with E-state index < -0.39 is 26.7 Å². The Labute approximate surface area is 88.2 Å². The van der Waals surface area contributed by atoms with Crippen LogP contribution in [-0.2, 0) is 16.2 Å². The summed E-state index contributed by atoms with van der Waals surface area (Å²) in [7, 11) is -4.23. The van der Waals surface area contributed by atoms with Gasteiger partial charge in [-0.15, -0.1) is 0 Å². The van der Waals surface area contributed by atoms with Gasteiger partial charge in [-0.05, 0) is 29.8 Å². The van der Waals surface area contributed by atoms with Crippen LogP contribution in [0.4, 0.5) is 13.2 Å². The molecule has 0 saturated carbocycles. The van der Waals surface area contributed by atoms with Crippen LogP contribution in [0.3, 0.4) is 0 Å². The summed E-state index contributed by atoms with van der Waals surface area (Å²) in [6, 6.07) is 2.65. The summed E-state index contributed by atoms with van der Waals surface area (Å²) in [5.41, 5.74) is 6.97. The molecule has 1 aromatic carbocycles. The normalized spacial score (nSPS) is 11.9. The van der Waals surface area contributed by atoms with Crippen molar-refractivity contribution in [2.24, 2.45) is 4.52 Å². The summed E-state index contributed by atoms with van der Waals surface area (Å²) in [6.45, 7) is 0. The maximum atomic E-state index is 12.1. The molecule has 0 heterocycles. The van der Waals surface area contributed by atoms with E-state index in [0.29, 0.717) is 12.1 Å². The van der Waals surface area contributed by atoms with Crippen LogP contribution in [0.5, 0.6) is 0 Å². The Kier molecular flexibility index (Phi) is 3.11. The Morgan fingerprint density at radius 2 is 1.69 bits per heavy atom. The molecule has 0 fully saturated rings. The minimum absolute atomic E-state index is 0.488. The molecule has 16 heavy (non-hydrogen) atoms. The van der Waals surface area contributed by atoms with Gasteiger partial charge in [0.15, 0.2) is 0 Å². The van der Waals surface area contributed by atoms with E-state index in [1.54, 1.807) is 0 Å². The van der Waals surface area contributed by atoms with Gasteiger partial charge < -0.3 is 0 Å². The maximum Gasteiger partial charge on any atom is 0.416 e. The summed E-state index contributed by atoms with van der Waals surface area (Å²) in [5, 5.41) is 0. The zero-order valence-corrected chi connectivity index (χ0v) is 8.33. The van der Waals surface area contributed by atoms with E-state index in [-0.39, 0.29) is 0 Å². The van der Waals surface area contributed by atoms with E-state index in [2.05, 4.69) is 9.43 Å². The molecule has 0 radical (unpaired) electrons. The maximum absolute atomic E-state index is 12.1. The number of halogens is 3. The number of rotatable bonds is 2. The van der Waals surface area contributed by atoms with E-state index in [9.17, 15) is 21.6 Å². The molecular formula is C7H4F3N3O2S. The number of azide groups is 1. The van der Waals surface area contributed by atoms with Crippen molar-refractivity contribution in [2.75, 3.05) is 0 Å².